The van der Waals surface area contributed by atoms with Crippen LogP contribution in [0.5, 0.6) is 0 Å². The Morgan fingerprint density at radius 3 is 1.58 bits per heavy atom. The van der Waals surface area contributed by atoms with Crippen LogP contribution in [0.25, 0.3) is 10.8 Å². The van der Waals surface area contributed by atoms with Gasteiger partial charge in [0.05, 0.1) is 9.79 Å². The van der Waals surface area contributed by atoms with Gasteiger partial charge in [-0.2, -0.15) is 0 Å². The van der Waals surface area contributed by atoms with Crippen molar-refractivity contribution >= 4 is 31.0 Å². The van der Waals surface area contributed by atoms with Crippen LogP contribution in [-0.2, 0) is 20.2 Å². The van der Waals surface area contributed by atoms with Crippen LogP contribution in [0.1, 0.15) is 0 Å². The summed E-state index contributed by atoms with van der Waals surface area (Å²) in [5.41, 5.74) is 0. The van der Waals surface area contributed by atoms with E-state index in [2.05, 4.69) is 0 Å². The Bertz CT molecular complexity index is 1050. The molecule has 126 valence electrons. The molecular formula is C16H12Na2O6S2. The van der Waals surface area contributed by atoms with Gasteiger partial charge in [-0.15, -0.1) is 0 Å². The van der Waals surface area contributed by atoms with Gasteiger partial charge < -0.3 is 9.11 Å². The van der Waals surface area contributed by atoms with Gasteiger partial charge in [0.1, 0.15) is 20.2 Å². The first kappa shape index (κ1) is 25.7. The maximum atomic E-state index is 10.9. The monoisotopic (exact) mass is 410 g/mol. The Balaban J connectivity index is 0.000000469. The molecule has 0 aliphatic heterocycles. The van der Waals surface area contributed by atoms with Crippen molar-refractivity contribution in [1.29, 1.82) is 0 Å². The van der Waals surface area contributed by atoms with E-state index in [1.807, 2.05) is 0 Å². The Hall–Kier alpha value is -0.260. The van der Waals surface area contributed by atoms with Gasteiger partial charge in [-0.3, -0.25) is 0 Å². The first-order valence-corrected chi connectivity index (χ1v) is 9.46. The molecule has 0 amide bonds. The zero-order valence-corrected chi connectivity index (χ0v) is 19.8. The van der Waals surface area contributed by atoms with Crippen LogP contribution in [0, 0.1) is 0 Å². The molecule has 3 aromatic rings. The van der Waals surface area contributed by atoms with Crippen LogP contribution in [0.15, 0.2) is 82.6 Å². The summed E-state index contributed by atoms with van der Waals surface area (Å²) in [5, 5.41) is 1.23. The first-order chi connectivity index (χ1) is 11.2. The van der Waals surface area contributed by atoms with Gasteiger partial charge in [-0.05, 0) is 29.0 Å². The molecule has 0 aliphatic carbocycles. The van der Waals surface area contributed by atoms with Crippen molar-refractivity contribution in [3.8, 4) is 0 Å². The molecule has 0 spiro atoms. The zero-order chi connectivity index (χ0) is 17.8. The molecule has 6 nitrogen and oxygen atoms in total. The van der Waals surface area contributed by atoms with Crippen molar-refractivity contribution in [3.05, 3.63) is 72.8 Å². The molecule has 0 aromatic heterocycles. The van der Waals surface area contributed by atoms with Gasteiger partial charge in [0.15, 0.2) is 0 Å². The van der Waals surface area contributed by atoms with Gasteiger partial charge in [-0.25, -0.2) is 16.8 Å². The molecule has 0 fully saturated rings. The average Bonchev–Trinajstić information content (AvgIpc) is 2.54. The summed E-state index contributed by atoms with van der Waals surface area (Å²) in [4.78, 5) is -0.342. The molecule has 10 heteroatoms. The van der Waals surface area contributed by atoms with E-state index < -0.39 is 20.2 Å². The quantitative estimate of drug-likeness (QED) is 0.318. The average molecular weight is 410 g/mol. The predicted molar refractivity (Wildman–Crippen MR) is 86.3 cm³/mol. The van der Waals surface area contributed by atoms with Crippen LogP contribution >= 0.6 is 0 Å². The second kappa shape index (κ2) is 10.9. The number of hydrogen-bond acceptors (Lipinski definition) is 6. The second-order valence-electron chi connectivity index (χ2n) is 4.70. The van der Waals surface area contributed by atoms with Gasteiger partial charge >= 0.3 is 59.1 Å². The van der Waals surface area contributed by atoms with Crippen LogP contribution < -0.4 is 59.1 Å². The van der Waals surface area contributed by atoms with Crippen LogP contribution in [0.3, 0.4) is 0 Å². The summed E-state index contributed by atoms with van der Waals surface area (Å²) < 4.78 is 63.5. The number of fused-ring (bicyclic) bond motifs is 1. The third kappa shape index (κ3) is 7.40. The van der Waals surface area contributed by atoms with Crippen molar-refractivity contribution in [3.63, 3.8) is 0 Å². The second-order valence-corrected chi connectivity index (χ2v) is 7.43. The Labute approximate surface area is 196 Å². The molecule has 26 heavy (non-hydrogen) atoms. The fourth-order valence-electron chi connectivity index (χ4n) is 2.00. The molecule has 0 radical (unpaired) electrons. The minimum atomic E-state index is -4.38. The zero-order valence-electron chi connectivity index (χ0n) is 14.2. The van der Waals surface area contributed by atoms with E-state index in [0.717, 1.165) is 5.39 Å². The number of hydrogen-bond donors (Lipinski definition) is 0. The molecule has 0 N–H and O–H groups in total. The molecular weight excluding hydrogens is 398 g/mol. The summed E-state index contributed by atoms with van der Waals surface area (Å²) >= 11 is 0. The standard InChI is InChI=1S/C10H8O3S.C6H6O3S.2Na/c11-14(12,13)10-7-3-5-8-4-1-2-6-9(8)10;7-10(8,9)6-4-2-1-3-5-6;;/h1-7H,(H,11,12,13);1-5H,(H,7,8,9);;/q;;2*+1/p-2. The maximum Gasteiger partial charge on any atom is 1.00 e. The molecule has 0 unspecified atom stereocenters. The molecule has 0 saturated carbocycles. The smallest absolute Gasteiger partial charge is 0.744 e. The van der Waals surface area contributed by atoms with E-state index in [4.69, 9.17) is 0 Å². The minimum Gasteiger partial charge on any atom is -0.744 e. The topological polar surface area (TPSA) is 114 Å². The van der Waals surface area contributed by atoms with E-state index in [-0.39, 0.29) is 68.9 Å². The minimum absolute atomic E-state index is 0. The van der Waals surface area contributed by atoms with Crippen molar-refractivity contribution in [1.82, 2.24) is 0 Å². The van der Waals surface area contributed by atoms with E-state index >= 15 is 0 Å². The van der Waals surface area contributed by atoms with Crippen molar-refractivity contribution in [2.24, 2.45) is 0 Å². The van der Waals surface area contributed by atoms with Gasteiger partial charge in [0.2, 0.25) is 0 Å². The van der Waals surface area contributed by atoms with E-state index in [1.54, 1.807) is 42.5 Å². The Kier molecular flexibility index (Phi) is 10.8. The fourth-order valence-corrected chi connectivity index (χ4v) is 3.19. The van der Waals surface area contributed by atoms with E-state index in [9.17, 15) is 25.9 Å². The SMILES string of the molecule is O=S(=O)([O-])c1cccc2ccccc12.O=S(=O)([O-])c1ccccc1.[Na+].[Na+]. The van der Waals surface area contributed by atoms with Gasteiger partial charge in [0.25, 0.3) is 0 Å². The van der Waals surface area contributed by atoms with E-state index in [0.29, 0.717) is 5.39 Å². The molecule has 3 aromatic carbocycles. The van der Waals surface area contributed by atoms with Crippen LogP contribution in [0.2, 0.25) is 0 Å². The summed E-state index contributed by atoms with van der Waals surface area (Å²) in [5.74, 6) is 0. The normalized spacial score (nSPS) is 10.7. The summed E-state index contributed by atoms with van der Waals surface area (Å²) in [6.07, 6.45) is 0. The molecule has 0 atom stereocenters. The van der Waals surface area contributed by atoms with Crippen LogP contribution in [-0.4, -0.2) is 25.9 Å². The molecule has 0 heterocycles. The largest absolute Gasteiger partial charge is 1.00 e. The number of benzene rings is 3. The summed E-state index contributed by atoms with van der Waals surface area (Å²) in [6.45, 7) is 0. The molecule has 0 saturated heterocycles. The van der Waals surface area contributed by atoms with E-state index in [1.165, 1.54) is 30.3 Å². The third-order valence-electron chi connectivity index (χ3n) is 3.05. The first-order valence-electron chi connectivity index (χ1n) is 6.64. The van der Waals surface area contributed by atoms with Crippen molar-refractivity contribution in [2.75, 3.05) is 0 Å². The molecule has 3 rings (SSSR count). The Morgan fingerprint density at radius 1 is 0.577 bits per heavy atom. The predicted octanol–water partition coefficient (Wildman–Crippen LogP) is -3.66. The third-order valence-corrected chi connectivity index (χ3v) is 4.80. The fraction of sp³-hybridized carbons (Fsp3) is 0. The van der Waals surface area contributed by atoms with Gasteiger partial charge in [-0.1, -0.05) is 54.6 Å². The summed E-state index contributed by atoms with van der Waals surface area (Å²) in [6, 6.07) is 18.7. The maximum absolute atomic E-state index is 10.9. The van der Waals surface area contributed by atoms with Crippen LogP contribution in [0.4, 0.5) is 0 Å². The molecule has 0 aliphatic rings. The van der Waals surface area contributed by atoms with Crippen molar-refractivity contribution in [2.45, 2.75) is 9.79 Å². The van der Waals surface area contributed by atoms with Gasteiger partial charge in [0, 0.05) is 0 Å². The Morgan fingerprint density at radius 2 is 1.08 bits per heavy atom. The molecule has 0 bridgehead atoms. The van der Waals surface area contributed by atoms with Crippen molar-refractivity contribution < 1.29 is 85.1 Å². The number of rotatable bonds is 2. The summed E-state index contributed by atoms with van der Waals surface area (Å²) in [7, 11) is -8.63.